The van der Waals surface area contributed by atoms with Gasteiger partial charge in [0.05, 0.1) is 0 Å². The standard InChI is InChI=1S/C15H17NO4/c1-7-5-6-8(2)12-11(7)9(3)13(20-12)14(17)16-10(4)15(18)19/h5-6,10H,1-4H3,(H,16,17)(H,18,19). The van der Waals surface area contributed by atoms with E-state index in [9.17, 15) is 9.59 Å². The predicted molar refractivity (Wildman–Crippen MR) is 75.0 cm³/mol. The van der Waals surface area contributed by atoms with E-state index in [1.54, 1.807) is 6.92 Å². The lowest BCUT2D eigenvalue weighted by Crippen LogP contribution is -2.38. The van der Waals surface area contributed by atoms with Crippen molar-refractivity contribution >= 4 is 22.8 Å². The largest absolute Gasteiger partial charge is 0.480 e. The van der Waals surface area contributed by atoms with Gasteiger partial charge in [-0.15, -0.1) is 0 Å². The minimum atomic E-state index is -1.08. The molecule has 2 rings (SSSR count). The summed E-state index contributed by atoms with van der Waals surface area (Å²) >= 11 is 0. The number of fused-ring (bicyclic) bond motifs is 1. The monoisotopic (exact) mass is 275 g/mol. The van der Waals surface area contributed by atoms with Crippen molar-refractivity contribution < 1.29 is 19.1 Å². The van der Waals surface area contributed by atoms with Gasteiger partial charge in [-0.3, -0.25) is 9.59 Å². The molecule has 0 saturated carbocycles. The average Bonchev–Trinajstić information content (AvgIpc) is 2.73. The fraction of sp³-hybridized carbons (Fsp3) is 0.333. The lowest BCUT2D eigenvalue weighted by atomic mass is 10.0. The summed E-state index contributed by atoms with van der Waals surface area (Å²) < 4.78 is 5.65. The number of carboxylic acid groups (broad SMARTS) is 1. The number of furan rings is 1. The van der Waals surface area contributed by atoms with Gasteiger partial charge in [0.15, 0.2) is 5.76 Å². The normalized spacial score (nSPS) is 12.4. The molecule has 106 valence electrons. The Kier molecular flexibility index (Phi) is 3.53. The first kappa shape index (κ1) is 14.1. The summed E-state index contributed by atoms with van der Waals surface area (Å²) in [7, 11) is 0. The van der Waals surface area contributed by atoms with Crippen molar-refractivity contribution in [1.29, 1.82) is 0 Å². The lowest BCUT2D eigenvalue weighted by molar-refractivity contribution is -0.138. The van der Waals surface area contributed by atoms with Crippen LogP contribution in [0.3, 0.4) is 0 Å². The van der Waals surface area contributed by atoms with Gasteiger partial charge >= 0.3 is 5.97 Å². The highest BCUT2D eigenvalue weighted by Gasteiger charge is 2.22. The highest BCUT2D eigenvalue weighted by atomic mass is 16.4. The van der Waals surface area contributed by atoms with Gasteiger partial charge in [0, 0.05) is 10.9 Å². The zero-order valence-electron chi connectivity index (χ0n) is 11.9. The van der Waals surface area contributed by atoms with Crippen molar-refractivity contribution in [2.45, 2.75) is 33.7 Å². The van der Waals surface area contributed by atoms with Crippen LogP contribution in [0.1, 0.15) is 34.2 Å². The van der Waals surface area contributed by atoms with Crippen molar-refractivity contribution in [2.24, 2.45) is 0 Å². The second-order valence-corrected chi connectivity index (χ2v) is 4.99. The number of aryl methyl sites for hydroxylation is 3. The third-order valence-corrected chi connectivity index (χ3v) is 3.41. The summed E-state index contributed by atoms with van der Waals surface area (Å²) in [6.45, 7) is 7.07. The predicted octanol–water partition coefficient (Wildman–Crippen LogP) is 2.56. The molecule has 0 aliphatic carbocycles. The van der Waals surface area contributed by atoms with Crippen LogP contribution in [0.2, 0.25) is 0 Å². The van der Waals surface area contributed by atoms with Crippen molar-refractivity contribution in [3.05, 3.63) is 34.6 Å². The van der Waals surface area contributed by atoms with Crippen LogP contribution in [0, 0.1) is 20.8 Å². The Morgan fingerprint density at radius 1 is 1.20 bits per heavy atom. The zero-order chi connectivity index (χ0) is 15.0. The van der Waals surface area contributed by atoms with Crippen LogP contribution in [0.5, 0.6) is 0 Å². The van der Waals surface area contributed by atoms with Crippen molar-refractivity contribution in [3.8, 4) is 0 Å². The molecule has 1 atom stereocenters. The number of carbonyl (C=O) groups is 2. The van der Waals surface area contributed by atoms with Crippen LogP contribution in [0.25, 0.3) is 11.0 Å². The Labute approximate surface area is 116 Å². The minimum absolute atomic E-state index is 0.172. The van der Waals surface area contributed by atoms with Gasteiger partial charge in [0.25, 0.3) is 5.91 Å². The number of amides is 1. The van der Waals surface area contributed by atoms with E-state index in [2.05, 4.69) is 5.32 Å². The number of benzene rings is 1. The van der Waals surface area contributed by atoms with E-state index in [0.717, 1.165) is 22.1 Å². The SMILES string of the molecule is Cc1ccc(C)c2c(C)c(C(=O)NC(C)C(=O)O)oc12. The topological polar surface area (TPSA) is 79.5 Å². The molecule has 0 aliphatic rings. The first-order chi connectivity index (χ1) is 9.32. The second kappa shape index (κ2) is 5.00. The van der Waals surface area contributed by atoms with Gasteiger partial charge in [0.2, 0.25) is 0 Å². The molecule has 0 spiro atoms. The summed E-state index contributed by atoms with van der Waals surface area (Å²) in [5, 5.41) is 12.1. The molecule has 20 heavy (non-hydrogen) atoms. The molecule has 0 saturated heterocycles. The fourth-order valence-corrected chi connectivity index (χ4v) is 2.22. The molecule has 0 fully saturated rings. The third kappa shape index (κ3) is 2.27. The van der Waals surface area contributed by atoms with E-state index in [-0.39, 0.29) is 5.76 Å². The van der Waals surface area contributed by atoms with Gasteiger partial charge < -0.3 is 14.8 Å². The molecule has 1 heterocycles. The lowest BCUT2D eigenvalue weighted by Gasteiger charge is -2.07. The molecule has 0 radical (unpaired) electrons. The second-order valence-electron chi connectivity index (χ2n) is 4.99. The number of nitrogens with one attached hydrogen (secondary N) is 1. The van der Waals surface area contributed by atoms with Crippen molar-refractivity contribution in [1.82, 2.24) is 5.32 Å². The molecule has 1 aromatic carbocycles. The van der Waals surface area contributed by atoms with Gasteiger partial charge in [-0.25, -0.2) is 0 Å². The van der Waals surface area contributed by atoms with Crippen molar-refractivity contribution in [2.75, 3.05) is 0 Å². The van der Waals surface area contributed by atoms with E-state index >= 15 is 0 Å². The van der Waals surface area contributed by atoms with E-state index in [1.165, 1.54) is 6.92 Å². The van der Waals surface area contributed by atoms with Crippen LogP contribution in [0.15, 0.2) is 16.5 Å². The molecule has 1 amide bonds. The number of carboxylic acids is 1. The highest BCUT2D eigenvalue weighted by molar-refractivity contribution is 6.01. The van der Waals surface area contributed by atoms with Gasteiger partial charge in [-0.1, -0.05) is 12.1 Å². The molecule has 5 nitrogen and oxygen atoms in total. The number of hydrogen-bond donors (Lipinski definition) is 2. The van der Waals surface area contributed by atoms with Crippen molar-refractivity contribution in [3.63, 3.8) is 0 Å². The van der Waals surface area contributed by atoms with E-state index in [0.29, 0.717) is 5.58 Å². The fourth-order valence-electron chi connectivity index (χ4n) is 2.22. The van der Waals surface area contributed by atoms with E-state index in [4.69, 9.17) is 9.52 Å². The first-order valence-corrected chi connectivity index (χ1v) is 6.36. The van der Waals surface area contributed by atoms with Crippen LogP contribution < -0.4 is 5.32 Å². The third-order valence-electron chi connectivity index (χ3n) is 3.41. The van der Waals surface area contributed by atoms with Crippen LogP contribution in [-0.4, -0.2) is 23.0 Å². The zero-order valence-corrected chi connectivity index (χ0v) is 11.9. The molecular formula is C15H17NO4. The van der Waals surface area contributed by atoms with Gasteiger partial charge in [-0.2, -0.15) is 0 Å². The maximum absolute atomic E-state index is 12.1. The molecule has 2 N–H and O–H groups in total. The molecule has 5 heteroatoms. The summed E-state index contributed by atoms with van der Waals surface area (Å²) in [6, 6.07) is 2.95. The highest BCUT2D eigenvalue weighted by Crippen LogP contribution is 2.30. The summed E-state index contributed by atoms with van der Waals surface area (Å²) in [5.41, 5.74) is 3.38. The number of aliphatic carboxylic acids is 1. The number of rotatable bonds is 3. The molecule has 2 aromatic rings. The molecule has 0 bridgehead atoms. The average molecular weight is 275 g/mol. The Balaban J connectivity index is 2.48. The Bertz CT molecular complexity index is 699. The molecule has 0 aliphatic heterocycles. The molecule has 1 aromatic heterocycles. The van der Waals surface area contributed by atoms with Crippen LogP contribution >= 0.6 is 0 Å². The van der Waals surface area contributed by atoms with Crippen LogP contribution in [-0.2, 0) is 4.79 Å². The Morgan fingerprint density at radius 3 is 2.35 bits per heavy atom. The summed E-state index contributed by atoms with van der Waals surface area (Å²) in [6.07, 6.45) is 0. The van der Waals surface area contributed by atoms with E-state index < -0.39 is 17.9 Å². The van der Waals surface area contributed by atoms with Gasteiger partial charge in [0.1, 0.15) is 11.6 Å². The Hall–Kier alpha value is -2.30. The van der Waals surface area contributed by atoms with E-state index in [1.807, 2.05) is 26.0 Å². The summed E-state index contributed by atoms with van der Waals surface area (Å²) in [4.78, 5) is 22.9. The smallest absolute Gasteiger partial charge is 0.325 e. The maximum Gasteiger partial charge on any atom is 0.325 e. The molecular weight excluding hydrogens is 258 g/mol. The first-order valence-electron chi connectivity index (χ1n) is 6.36. The van der Waals surface area contributed by atoms with Crippen LogP contribution in [0.4, 0.5) is 0 Å². The van der Waals surface area contributed by atoms with Gasteiger partial charge in [-0.05, 0) is 38.8 Å². The molecule has 1 unspecified atom stereocenters. The quantitative estimate of drug-likeness (QED) is 0.902. The minimum Gasteiger partial charge on any atom is -0.480 e. The summed E-state index contributed by atoms with van der Waals surface area (Å²) in [5.74, 6) is -1.42. The Morgan fingerprint density at radius 2 is 1.80 bits per heavy atom. The number of hydrogen-bond acceptors (Lipinski definition) is 3. The maximum atomic E-state index is 12.1. The number of carbonyl (C=O) groups excluding carboxylic acids is 1.